The number of thiophene rings is 2. The Labute approximate surface area is 330 Å². The predicted molar refractivity (Wildman–Crippen MR) is 243 cm³/mol. The second-order valence-electron chi connectivity index (χ2n) is 14.1. The maximum absolute atomic E-state index is 6.10. The third kappa shape index (κ3) is 4.93. The molecule has 4 nitrogen and oxygen atoms in total. The lowest BCUT2D eigenvalue weighted by Crippen LogP contribution is -1.91. The van der Waals surface area contributed by atoms with Crippen molar-refractivity contribution in [1.29, 1.82) is 0 Å². The van der Waals surface area contributed by atoms with Gasteiger partial charge in [-0.1, -0.05) is 121 Å². The van der Waals surface area contributed by atoms with Crippen LogP contribution in [-0.4, -0.2) is 23.2 Å². The van der Waals surface area contributed by atoms with E-state index in [-0.39, 0.29) is 0 Å². The molecule has 0 spiro atoms. The van der Waals surface area contributed by atoms with Crippen molar-refractivity contribution in [2.75, 3.05) is 7.05 Å². The van der Waals surface area contributed by atoms with Gasteiger partial charge in [0.1, 0.15) is 6.33 Å². The average molecular weight is 753 g/mol. The maximum atomic E-state index is 6.10. The molecule has 0 atom stereocenters. The Balaban J connectivity index is 1.14. The summed E-state index contributed by atoms with van der Waals surface area (Å²) >= 11 is 3.68. The number of benzene rings is 8. The molecule has 6 heteroatoms. The van der Waals surface area contributed by atoms with E-state index >= 15 is 0 Å². The minimum atomic E-state index is 0.920. The lowest BCUT2D eigenvalue weighted by atomic mass is 9.90. The molecule has 0 fully saturated rings. The Kier molecular flexibility index (Phi) is 7.56. The molecule has 2 N–H and O–H groups in total. The van der Waals surface area contributed by atoms with Gasteiger partial charge in [-0.25, -0.2) is 9.97 Å². The third-order valence-corrected chi connectivity index (χ3v) is 13.7. The van der Waals surface area contributed by atoms with E-state index in [1.807, 2.05) is 41.3 Å². The van der Waals surface area contributed by atoms with Gasteiger partial charge in [-0.3, -0.25) is 4.99 Å². The summed E-state index contributed by atoms with van der Waals surface area (Å²) in [4.78, 5) is 12.9. The largest absolute Gasteiger partial charge is 0.404 e. The summed E-state index contributed by atoms with van der Waals surface area (Å²) in [5, 5.41) is 12.5. The number of allylic oxidation sites excluding steroid dienone is 1. The van der Waals surface area contributed by atoms with Crippen LogP contribution in [0.2, 0.25) is 0 Å². The summed E-state index contributed by atoms with van der Waals surface area (Å²) in [5.41, 5.74) is 15.2. The van der Waals surface area contributed by atoms with Crippen molar-refractivity contribution in [3.63, 3.8) is 0 Å². The molecule has 0 aliphatic rings. The number of aromatic nitrogens is 2. The van der Waals surface area contributed by atoms with Crippen molar-refractivity contribution in [3.8, 4) is 33.4 Å². The predicted octanol–water partition coefficient (Wildman–Crippen LogP) is 13.7. The Bertz CT molecular complexity index is 3450. The molecule has 0 aliphatic carbocycles. The van der Waals surface area contributed by atoms with Gasteiger partial charge in [0.25, 0.3) is 0 Å². The van der Waals surface area contributed by atoms with Gasteiger partial charge in [-0.05, 0) is 66.7 Å². The summed E-state index contributed by atoms with van der Waals surface area (Å²) in [6, 6.07) is 49.3. The molecule has 3 aromatic heterocycles. The summed E-state index contributed by atoms with van der Waals surface area (Å²) in [6.07, 6.45) is 8.87. The Hall–Kier alpha value is -6.73. The summed E-state index contributed by atoms with van der Waals surface area (Å²) < 4.78 is 5.02. The van der Waals surface area contributed by atoms with Crippen molar-refractivity contribution < 1.29 is 0 Å². The van der Waals surface area contributed by atoms with Crippen LogP contribution in [0.3, 0.4) is 0 Å². The van der Waals surface area contributed by atoms with E-state index in [1.54, 1.807) is 19.6 Å². The summed E-state index contributed by atoms with van der Waals surface area (Å²) in [7, 11) is 1.78. The molecular formula is C50H32N4S2. The number of nitrogens with zero attached hydrogens (tertiary/aromatic N) is 3. The van der Waals surface area contributed by atoms with Crippen molar-refractivity contribution in [2.24, 2.45) is 10.7 Å². The van der Waals surface area contributed by atoms with Gasteiger partial charge in [0, 0.05) is 94.5 Å². The zero-order valence-electron chi connectivity index (χ0n) is 30.3. The molecule has 264 valence electrons. The molecule has 0 unspecified atom stereocenters. The Morgan fingerprint density at radius 3 is 1.45 bits per heavy atom. The number of hydrogen-bond donors (Lipinski definition) is 1. The van der Waals surface area contributed by atoms with Crippen LogP contribution >= 0.6 is 22.7 Å². The monoisotopic (exact) mass is 752 g/mol. The van der Waals surface area contributed by atoms with Crippen LogP contribution in [0.5, 0.6) is 0 Å². The standard InChI is InChI=1S/C50H32N4S2/c1-52-25-31(24-51)35-12-6-16-43-41-14-4-10-33(47(41)55-49(35)43)29-18-20-39-37-8-2-3-9-38(37)40-21-19-30(23-46(40)45(39)22-29)34-11-5-15-42-44-17-7-13-36(50(44)56-48(34)42)32-26-53-28-54-27-32/h2-28H,51H2,1H3/b31-24+,52-25?. The quantitative estimate of drug-likeness (QED) is 0.141. The van der Waals surface area contributed by atoms with Crippen LogP contribution < -0.4 is 5.73 Å². The van der Waals surface area contributed by atoms with Crippen molar-refractivity contribution in [1.82, 2.24) is 9.97 Å². The molecule has 0 saturated heterocycles. The van der Waals surface area contributed by atoms with E-state index in [4.69, 9.17) is 5.73 Å². The number of aliphatic imine (C=N–C) groups is 1. The van der Waals surface area contributed by atoms with Crippen LogP contribution in [-0.2, 0) is 0 Å². The summed E-state index contributed by atoms with van der Waals surface area (Å²) in [5.74, 6) is 0. The van der Waals surface area contributed by atoms with Gasteiger partial charge in [-0.15, -0.1) is 22.7 Å². The Morgan fingerprint density at radius 1 is 0.482 bits per heavy atom. The van der Waals surface area contributed by atoms with E-state index in [9.17, 15) is 0 Å². The topological polar surface area (TPSA) is 64.2 Å². The fourth-order valence-corrected chi connectivity index (χ4v) is 11.4. The third-order valence-electron chi connectivity index (χ3n) is 11.1. The molecule has 56 heavy (non-hydrogen) atoms. The highest BCUT2D eigenvalue weighted by atomic mass is 32.1. The second-order valence-corrected chi connectivity index (χ2v) is 16.2. The molecular weight excluding hydrogens is 721 g/mol. The van der Waals surface area contributed by atoms with Gasteiger partial charge in [0.15, 0.2) is 0 Å². The number of rotatable bonds is 5. The lowest BCUT2D eigenvalue weighted by molar-refractivity contribution is 1.17. The number of hydrogen-bond acceptors (Lipinski definition) is 6. The van der Waals surface area contributed by atoms with Crippen molar-refractivity contribution in [2.45, 2.75) is 0 Å². The van der Waals surface area contributed by atoms with Gasteiger partial charge in [0.2, 0.25) is 0 Å². The van der Waals surface area contributed by atoms with E-state index < -0.39 is 0 Å². The number of nitrogens with two attached hydrogens (primary N) is 1. The molecule has 8 aromatic carbocycles. The molecule has 0 amide bonds. The first-order valence-corrected chi connectivity index (χ1v) is 20.2. The minimum Gasteiger partial charge on any atom is -0.404 e. The lowest BCUT2D eigenvalue weighted by Gasteiger charge is -2.14. The highest BCUT2D eigenvalue weighted by molar-refractivity contribution is 7.27. The van der Waals surface area contributed by atoms with Gasteiger partial charge < -0.3 is 5.73 Å². The summed E-state index contributed by atoms with van der Waals surface area (Å²) in [6.45, 7) is 0. The molecule has 0 aliphatic heterocycles. The van der Waals surface area contributed by atoms with E-state index in [1.165, 1.54) is 94.9 Å². The SMILES string of the molecule is CN=C/C(=C\N)c1cccc2c1sc1c(-c3ccc4c5ccccc5c5ccc(-c6cccc7c6sc6c(-c8cncnc8)cccc67)cc5c4c3)cccc12. The first-order valence-electron chi connectivity index (χ1n) is 18.6. The zero-order valence-corrected chi connectivity index (χ0v) is 32.0. The fraction of sp³-hybridized carbons (Fsp3) is 0.0200. The van der Waals surface area contributed by atoms with Crippen LogP contribution in [0.4, 0.5) is 0 Å². The molecule has 11 rings (SSSR count). The second kappa shape index (κ2) is 12.9. The fourth-order valence-electron chi connectivity index (χ4n) is 8.62. The average Bonchev–Trinajstić information content (AvgIpc) is 3.85. The molecule has 0 radical (unpaired) electrons. The minimum absolute atomic E-state index is 0.920. The Morgan fingerprint density at radius 2 is 0.929 bits per heavy atom. The smallest absolute Gasteiger partial charge is 0.115 e. The van der Waals surface area contributed by atoms with Crippen LogP contribution in [0, 0.1) is 0 Å². The van der Waals surface area contributed by atoms with Crippen molar-refractivity contribution in [3.05, 3.63) is 164 Å². The first-order chi connectivity index (χ1) is 27.7. The highest BCUT2D eigenvalue weighted by Crippen LogP contribution is 2.47. The van der Waals surface area contributed by atoms with Gasteiger partial charge in [0.05, 0.1) is 0 Å². The van der Waals surface area contributed by atoms with E-state index in [2.05, 4.69) is 148 Å². The van der Waals surface area contributed by atoms with E-state index in [0.717, 1.165) is 22.3 Å². The molecule has 0 bridgehead atoms. The highest BCUT2D eigenvalue weighted by Gasteiger charge is 2.18. The normalized spacial score (nSPS) is 12.5. The first kappa shape index (κ1) is 32.7. The van der Waals surface area contributed by atoms with Crippen LogP contribution in [0.15, 0.2) is 163 Å². The van der Waals surface area contributed by atoms with E-state index in [0.29, 0.717) is 0 Å². The number of fused-ring (bicyclic) bond motifs is 12. The van der Waals surface area contributed by atoms with Crippen LogP contribution in [0.1, 0.15) is 5.56 Å². The zero-order chi connectivity index (χ0) is 37.3. The van der Waals surface area contributed by atoms with Crippen molar-refractivity contribution >= 4 is 107 Å². The molecule has 0 saturated carbocycles. The van der Waals surface area contributed by atoms with Gasteiger partial charge >= 0.3 is 0 Å². The van der Waals surface area contributed by atoms with Crippen LogP contribution in [0.25, 0.3) is 112 Å². The molecule has 11 aromatic rings. The van der Waals surface area contributed by atoms with Gasteiger partial charge in [-0.2, -0.15) is 0 Å². The maximum Gasteiger partial charge on any atom is 0.115 e. The molecule has 3 heterocycles.